The standard InChI is InChI=1S/C19H14O/c1-2-16(14-8-4-3-5-9-14)19-17-11-7-6-10-15(17)12-13-18(19)20/h1,3-13,16,20H. The van der Waals surface area contributed by atoms with E-state index in [9.17, 15) is 5.11 Å². The molecular formula is C19H14O. The third-order valence-electron chi connectivity index (χ3n) is 3.54. The lowest BCUT2D eigenvalue weighted by atomic mass is 9.88. The Hall–Kier alpha value is -2.72. The van der Waals surface area contributed by atoms with Gasteiger partial charge < -0.3 is 5.11 Å². The highest BCUT2D eigenvalue weighted by atomic mass is 16.3. The highest BCUT2D eigenvalue weighted by Crippen LogP contribution is 2.36. The van der Waals surface area contributed by atoms with Gasteiger partial charge in [-0.1, -0.05) is 66.6 Å². The summed E-state index contributed by atoms with van der Waals surface area (Å²) in [7, 11) is 0. The molecule has 1 N–H and O–H groups in total. The van der Waals surface area contributed by atoms with Crippen molar-refractivity contribution in [3.63, 3.8) is 0 Å². The molecule has 1 atom stereocenters. The van der Waals surface area contributed by atoms with Crippen LogP contribution in [0.4, 0.5) is 0 Å². The van der Waals surface area contributed by atoms with Crippen LogP contribution in [0.15, 0.2) is 66.7 Å². The van der Waals surface area contributed by atoms with Crippen molar-refractivity contribution in [2.45, 2.75) is 5.92 Å². The summed E-state index contributed by atoms with van der Waals surface area (Å²) in [5.41, 5.74) is 1.82. The Morgan fingerprint density at radius 2 is 1.55 bits per heavy atom. The maximum absolute atomic E-state index is 10.3. The predicted molar refractivity (Wildman–Crippen MR) is 82.7 cm³/mol. The van der Waals surface area contributed by atoms with E-state index >= 15 is 0 Å². The van der Waals surface area contributed by atoms with Gasteiger partial charge in [0.2, 0.25) is 0 Å². The summed E-state index contributed by atoms with van der Waals surface area (Å²) in [5, 5.41) is 12.4. The van der Waals surface area contributed by atoms with Gasteiger partial charge in [-0.15, -0.1) is 6.42 Å². The molecule has 0 aliphatic rings. The van der Waals surface area contributed by atoms with Gasteiger partial charge in [0.05, 0.1) is 5.92 Å². The average Bonchev–Trinajstić information content (AvgIpc) is 2.51. The van der Waals surface area contributed by atoms with Crippen molar-refractivity contribution in [1.29, 1.82) is 0 Å². The fourth-order valence-electron chi connectivity index (χ4n) is 2.58. The molecule has 0 amide bonds. The molecule has 0 bridgehead atoms. The van der Waals surface area contributed by atoms with Crippen LogP contribution in [0.1, 0.15) is 17.0 Å². The Bertz CT molecular complexity index is 782. The van der Waals surface area contributed by atoms with E-state index in [1.807, 2.05) is 60.7 Å². The first-order chi connectivity index (χ1) is 9.81. The molecule has 0 heterocycles. The monoisotopic (exact) mass is 258 g/mol. The van der Waals surface area contributed by atoms with E-state index in [-0.39, 0.29) is 11.7 Å². The molecule has 0 aliphatic heterocycles. The quantitative estimate of drug-likeness (QED) is 0.679. The van der Waals surface area contributed by atoms with Gasteiger partial charge in [-0.2, -0.15) is 0 Å². The second-order valence-corrected chi connectivity index (χ2v) is 4.73. The van der Waals surface area contributed by atoms with Gasteiger partial charge in [-0.05, 0) is 22.4 Å². The summed E-state index contributed by atoms with van der Waals surface area (Å²) in [6.45, 7) is 0. The molecule has 3 aromatic rings. The lowest BCUT2D eigenvalue weighted by Crippen LogP contribution is -1.99. The number of benzene rings is 3. The number of aromatic hydroxyl groups is 1. The number of fused-ring (bicyclic) bond motifs is 1. The van der Waals surface area contributed by atoms with Crippen molar-refractivity contribution in [2.75, 3.05) is 0 Å². The van der Waals surface area contributed by atoms with Crippen LogP contribution in [-0.4, -0.2) is 5.11 Å². The van der Waals surface area contributed by atoms with Gasteiger partial charge in [-0.3, -0.25) is 0 Å². The minimum atomic E-state index is -0.248. The first kappa shape index (κ1) is 12.3. The fraction of sp³-hybridized carbons (Fsp3) is 0.0526. The maximum atomic E-state index is 10.3. The topological polar surface area (TPSA) is 20.2 Å². The number of phenolic OH excluding ortho intramolecular Hbond substituents is 1. The zero-order chi connectivity index (χ0) is 13.9. The number of hydrogen-bond acceptors (Lipinski definition) is 1. The second kappa shape index (κ2) is 5.11. The van der Waals surface area contributed by atoms with E-state index < -0.39 is 0 Å². The minimum absolute atomic E-state index is 0.246. The van der Waals surface area contributed by atoms with Gasteiger partial charge in [0, 0.05) is 5.56 Å². The van der Waals surface area contributed by atoms with Crippen LogP contribution < -0.4 is 0 Å². The molecule has 20 heavy (non-hydrogen) atoms. The highest BCUT2D eigenvalue weighted by Gasteiger charge is 2.17. The molecule has 0 radical (unpaired) electrons. The minimum Gasteiger partial charge on any atom is -0.508 e. The molecule has 0 spiro atoms. The number of rotatable bonds is 2. The van der Waals surface area contributed by atoms with Crippen molar-refractivity contribution in [2.24, 2.45) is 0 Å². The van der Waals surface area contributed by atoms with Gasteiger partial charge >= 0.3 is 0 Å². The Balaban J connectivity index is 2.28. The second-order valence-electron chi connectivity index (χ2n) is 4.73. The molecule has 1 nitrogen and oxygen atoms in total. The van der Waals surface area contributed by atoms with Crippen LogP contribution in [0.5, 0.6) is 5.75 Å². The molecule has 0 saturated heterocycles. The molecular weight excluding hydrogens is 244 g/mol. The Labute approximate surface area is 118 Å². The molecule has 0 fully saturated rings. The first-order valence-electron chi connectivity index (χ1n) is 6.53. The molecule has 1 unspecified atom stereocenters. The summed E-state index contributed by atoms with van der Waals surface area (Å²) in [6.07, 6.45) is 5.74. The normalized spacial score (nSPS) is 11.9. The Morgan fingerprint density at radius 3 is 2.30 bits per heavy atom. The first-order valence-corrected chi connectivity index (χ1v) is 6.53. The van der Waals surface area contributed by atoms with Crippen LogP contribution in [-0.2, 0) is 0 Å². The van der Waals surface area contributed by atoms with E-state index in [4.69, 9.17) is 6.42 Å². The van der Waals surface area contributed by atoms with Crippen molar-refractivity contribution in [3.05, 3.63) is 77.9 Å². The van der Waals surface area contributed by atoms with Crippen LogP contribution in [0.2, 0.25) is 0 Å². The lowest BCUT2D eigenvalue weighted by Gasteiger charge is -2.16. The van der Waals surface area contributed by atoms with Crippen LogP contribution in [0.3, 0.4) is 0 Å². The SMILES string of the molecule is C#CC(c1ccccc1)c1c(O)ccc2ccccc12. The van der Waals surface area contributed by atoms with E-state index in [0.717, 1.165) is 21.9 Å². The largest absolute Gasteiger partial charge is 0.508 e. The summed E-state index contributed by atoms with van der Waals surface area (Å²) >= 11 is 0. The van der Waals surface area contributed by atoms with E-state index in [1.165, 1.54) is 0 Å². The molecule has 1 heteroatoms. The number of hydrogen-bond donors (Lipinski definition) is 1. The summed E-state index contributed by atoms with van der Waals surface area (Å²) in [6, 6.07) is 21.5. The van der Waals surface area contributed by atoms with Crippen molar-refractivity contribution >= 4 is 10.8 Å². The third-order valence-corrected chi connectivity index (χ3v) is 3.54. The Kier molecular flexibility index (Phi) is 3.15. The molecule has 3 aromatic carbocycles. The lowest BCUT2D eigenvalue weighted by molar-refractivity contribution is 0.469. The van der Waals surface area contributed by atoms with Crippen LogP contribution in [0, 0.1) is 12.3 Å². The Morgan fingerprint density at radius 1 is 0.850 bits per heavy atom. The molecule has 0 saturated carbocycles. The molecule has 0 aliphatic carbocycles. The van der Waals surface area contributed by atoms with E-state index in [2.05, 4.69) is 5.92 Å². The summed E-state index contributed by atoms with van der Waals surface area (Å²) in [4.78, 5) is 0. The molecule has 0 aromatic heterocycles. The van der Waals surface area contributed by atoms with Crippen molar-refractivity contribution in [1.82, 2.24) is 0 Å². The highest BCUT2D eigenvalue weighted by molar-refractivity contribution is 5.89. The summed E-state index contributed by atoms with van der Waals surface area (Å²) in [5.74, 6) is 2.81. The van der Waals surface area contributed by atoms with Gasteiger partial charge in [0.15, 0.2) is 0 Å². The predicted octanol–water partition coefficient (Wildman–Crippen LogP) is 4.31. The van der Waals surface area contributed by atoms with Crippen molar-refractivity contribution in [3.8, 4) is 18.1 Å². The molecule has 3 rings (SSSR count). The van der Waals surface area contributed by atoms with Crippen molar-refractivity contribution < 1.29 is 5.11 Å². The smallest absolute Gasteiger partial charge is 0.121 e. The third kappa shape index (κ3) is 2.02. The molecule has 96 valence electrons. The van der Waals surface area contributed by atoms with Crippen LogP contribution >= 0.6 is 0 Å². The van der Waals surface area contributed by atoms with E-state index in [1.54, 1.807) is 6.07 Å². The van der Waals surface area contributed by atoms with Crippen LogP contribution in [0.25, 0.3) is 10.8 Å². The van der Waals surface area contributed by atoms with E-state index in [0.29, 0.717) is 0 Å². The zero-order valence-electron chi connectivity index (χ0n) is 11.0. The van der Waals surface area contributed by atoms with Gasteiger partial charge in [0.1, 0.15) is 5.75 Å². The van der Waals surface area contributed by atoms with Gasteiger partial charge in [-0.25, -0.2) is 0 Å². The van der Waals surface area contributed by atoms with Gasteiger partial charge in [0.25, 0.3) is 0 Å². The zero-order valence-corrected chi connectivity index (χ0v) is 11.0. The summed E-state index contributed by atoms with van der Waals surface area (Å²) < 4.78 is 0. The average molecular weight is 258 g/mol. The maximum Gasteiger partial charge on any atom is 0.121 e. The number of phenols is 1. The fourth-order valence-corrected chi connectivity index (χ4v) is 2.58. The number of terminal acetylenes is 1.